The van der Waals surface area contributed by atoms with Crippen LogP contribution in [0.5, 0.6) is 0 Å². The van der Waals surface area contributed by atoms with Gasteiger partial charge in [0.1, 0.15) is 6.61 Å². The van der Waals surface area contributed by atoms with Crippen LogP contribution in [-0.4, -0.2) is 41.0 Å². The Morgan fingerprint density at radius 1 is 0.553 bits per heavy atom. The zero-order valence-electron chi connectivity index (χ0n) is 30.2. The summed E-state index contributed by atoms with van der Waals surface area (Å²) in [5, 5.41) is 0. The van der Waals surface area contributed by atoms with Crippen LogP contribution in [-0.2, 0) is 28.2 Å². The summed E-state index contributed by atoms with van der Waals surface area (Å²) in [6.07, 6.45) is 37.5. The van der Waals surface area contributed by atoms with Crippen LogP contribution < -0.4 is 0 Å². The van der Waals surface area contributed by atoms with Crippen molar-refractivity contribution in [3.05, 3.63) is 24.3 Å². The third-order valence-electron chi connectivity index (χ3n) is 8.22. The SMILES string of the molecule is CCCCC/C=C\C/C=C\CCCCCCCC(=O)OC[C@H](COP(=O)(O)O)OC(=O)CCCCCCCCCCCCCCCC. The van der Waals surface area contributed by atoms with E-state index in [4.69, 9.17) is 19.3 Å². The summed E-state index contributed by atoms with van der Waals surface area (Å²) in [4.78, 5) is 42.7. The molecule has 0 rings (SSSR count). The van der Waals surface area contributed by atoms with Crippen molar-refractivity contribution in [2.75, 3.05) is 13.2 Å². The average Bonchev–Trinajstić information content (AvgIpc) is 3.03. The summed E-state index contributed by atoms with van der Waals surface area (Å²) in [6, 6.07) is 0. The maximum Gasteiger partial charge on any atom is 0.469 e. The zero-order valence-corrected chi connectivity index (χ0v) is 31.1. The number of hydrogen-bond acceptors (Lipinski definition) is 6. The summed E-state index contributed by atoms with van der Waals surface area (Å²) < 4.78 is 26.3. The van der Waals surface area contributed by atoms with Gasteiger partial charge in [0.2, 0.25) is 0 Å². The summed E-state index contributed by atoms with van der Waals surface area (Å²) >= 11 is 0. The summed E-state index contributed by atoms with van der Waals surface area (Å²) in [5.74, 6) is -0.895. The molecule has 0 radical (unpaired) electrons. The van der Waals surface area contributed by atoms with E-state index in [1.807, 2.05) is 0 Å². The highest BCUT2D eigenvalue weighted by atomic mass is 31.2. The minimum Gasteiger partial charge on any atom is -0.462 e. The molecule has 276 valence electrons. The highest BCUT2D eigenvalue weighted by Crippen LogP contribution is 2.36. The molecule has 8 nitrogen and oxygen atoms in total. The molecule has 0 heterocycles. The maximum atomic E-state index is 12.4. The van der Waals surface area contributed by atoms with Gasteiger partial charge in [-0.2, -0.15) is 0 Å². The molecule has 1 atom stereocenters. The third-order valence-corrected chi connectivity index (χ3v) is 8.71. The quantitative estimate of drug-likeness (QED) is 0.0292. The van der Waals surface area contributed by atoms with Crippen molar-refractivity contribution in [3.63, 3.8) is 0 Å². The van der Waals surface area contributed by atoms with E-state index in [1.165, 1.54) is 89.9 Å². The predicted molar refractivity (Wildman–Crippen MR) is 193 cm³/mol. The first-order valence-electron chi connectivity index (χ1n) is 19.1. The predicted octanol–water partition coefficient (Wildman–Crippen LogP) is 11.2. The molecule has 0 spiro atoms. The van der Waals surface area contributed by atoms with Gasteiger partial charge in [-0.3, -0.25) is 14.1 Å². The van der Waals surface area contributed by atoms with Crippen LogP contribution in [0.1, 0.15) is 187 Å². The molecule has 0 saturated carbocycles. The number of hydrogen-bond donors (Lipinski definition) is 2. The Balaban J connectivity index is 3.97. The molecule has 0 aliphatic heterocycles. The van der Waals surface area contributed by atoms with Crippen LogP contribution in [0.3, 0.4) is 0 Å². The number of allylic oxidation sites excluding steroid dienone is 4. The van der Waals surface area contributed by atoms with E-state index in [0.29, 0.717) is 12.8 Å². The molecule has 0 amide bonds. The normalized spacial score (nSPS) is 12.7. The van der Waals surface area contributed by atoms with Crippen LogP contribution in [0, 0.1) is 0 Å². The van der Waals surface area contributed by atoms with Gasteiger partial charge in [-0.1, -0.05) is 154 Å². The topological polar surface area (TPSA) is 119 Å². The minimum atomic E-state index is -4.75. The molecule has 9 heteroatoms. The number of esters is 2. The molecule has 0 aliphatic rings. The largest absolute Gasteiger partial charge is 0.469 e. The number of unbranched alkanes of at least 4 members (excludes halogenated alkanes) is 21. The van der Waals surface area contributed by atoms with E-state index in [0.717, 1.165) is 57.8 Å². The minimum absolute atomic E-state index is 0.213. The smallest absolute Gasteiger partial charge is 0.462 e. The monoisotopic (exact) mass is 686 g/mol. The number of carbonyl (C=O) groups is 2. The Hall–Kier alpha value is -1.47. The molecule has 47 heavy (non-hydrogen) atoms. The van der Waals surface area contributed by atoms with Crippen molar-refractivity contribution < 1.29 is 37.9 Å². The Morgan fingerprint density at radius 2 is 0.957 bits per heavy atom. The first-order valence-corrected chi connectivity index (χ1v) is 20.7. The van der Waals surface area contributed by atoms with Gasteiger partial charge >= 0.3 is 19.8 Å². The van der Waals surface area contributed by atoms with Crippen LogP contribution in [0.15, 0.2) is 24.3 Å². The van der Waals surface area contributed by atoms with Crippen LogP contribution in [0.25, 0.3) is 0 Å². The second kappa shape index (κ2) is 34.4. The van der Waals surface area contributed by atoms with Gasteiger partial charge in [-0.15, -0.1) is 0 Å². The first-order chi connectivity index (χ1) is 22.8. The van der Waals surface area contributed by atoms with Crippen LogP contribution in [0.4, 0.5) is 0 Å². The van der Waals surface area contributed by atoms with Crippen molar-refractivity contribution in [2.45, 2.75) is 193 Å². The van der Waals surface area contributed by atoms with Gasteiger partial charge in [0.05, 0.1) is 6.61 Å². The van der Waals surface area contributed by atoms with Gasteiger partial charge in [0, 0.05) is 12.8 Å². The van der Waals surface area contributed by atoms with Gasteiger partial charge in [0.15, 0.2) is 6.10 Å². The van der Waals surface area contributed by atoms with E-state index in [1.54, 1.807) is 0 Å². The lowest BCUT2D eigenvalue weighted by molar-refractivity contribution is -0.161. The molecule has 0 aromatic rings. The van der Waals surface area contributed by atoms with Crippen molar-refractivity contribution in [3.8, 4) is 0 Å². The molecule has 0 aromatic carbocycles. The second-order valence-corrected chi connectivity index (χ2v) is 14.1. The highest BCUT2D eigenvalue weighted by Gasteiger charge is 2.22. The lowest BCUT2D eigenvalue weighted by Gasteiger charge is -2.18. The van der Waals surface area contributed by atoms with Crippen molar-refractivity contribution in [1.29, 1.82) is 0 Å². The first kappa shape index (κ1) is 45.5. The summed E-state index contributed by atoms with van der Waals surface area (Å²) in [5.41, 5.74) is 0. The summed E-state index contributed by atoms with van der Waals surface area (Å²) in [7, 11) is -4.75. The summed E-state index contributed by atoms with van der Waals surface area (Å²) in [6.45, 7) is 3.64. The number of ether oxygens (including phenoxy) is 2. The Kier molecular flexibility index (Phi) is 33.3. The Labute approximate surface area is 288 Å². The van der Waals surface area contributed by atoms with E-state index in [9.17, 15) is 14.2 Å². The molecule has 0 aromatic heterocycles. The standard InChI is InChI=1S/C38H71O8P/c1-3-5-7-9-11-13-15-17-19-21-22-24-26-28-30-32-37(39)44-34-36(35-45-47(41,42)43)46-38(40)33-31-29-27-25-23-20-18-16-14-12-10-8-6-4-2/h11,13,17,19,36H,3-10,12,14-16,18,20-35H2,1-2H3,(H2,41,42,43)/b13-11-,19-17-/t36-/m1/s1. The van der Waals surface area contributed by atoms with E-state index >= 15 is 0 Å². The third kappa shape index (κ3) is 37.2. The fraction of sp³-hybridized carbons (Fsp3) is 0.842. The molecule has 0 bridgehead atoms. The van der Waals surface area contributed by atoms with Crippen molar-refractivity contribution >= 4 is 19.8 Å². The number of carbonyl (C=O) groups excluding carboxylic acids is 2. The van der Waals surface area contributed by atoms with Gasteiger partial charge in [0.25, 0.3) is 0 Å². The molecular weight excluding hydrogens is 615 g/mol. The molecule has 0 aliphatic carbocycles. The van der Waals surface area contributed by atoms with Gasteiger partial charge in [-0.25, -0.2) is 4.57 Å². The highest BCUT2D eigenvalue weighted by molar-refractivity contribution is 7.46. The average molecular weight is 687 g/mol. The van der Waals surface area contributed by atoms with Crippen LogP contribution in [0.2, 0.25) is 0 Å². The number of phosphoric acid groups is 1. The van der Waals surface area contributed by atoms with E-state index in [2.05, 4.69) is 42.7 Å². The van der Waals surface area contributed by atoms with Crippen molar-refractivity contribution in [1.82, 2.24) is 0 Å². The Morgan fingerprint density at radius 3 is 1.45 bits per heavy atom. The van der Waals surface area contributed by atoms with Crippen LogP contribution >= 0.6 is 7.82 Å². The molecule has 0 saturated heterocycles. The Bertz CT molecular complexity index is 823. The molecular formula is C38H71O8P. The fourth-order valence-electron chi connectivity index (χ4n) is 5.34. The second-order valence-electron chi connectivity index (χ2n) is 12.9. The van der Waals surface area contributed by atoms with Crippen molar-refractivity contribution in [2.24, 2.45) is 0 Å². The van der Waals surface area contributed by atoms with E-state index in [-0.39, 0.29) is 19.4 Å². The lowest BCUT2D eigenvalue weighted by atomic mass is 10.0. The molecule has 0 unspecified atom stereocenters. The van der Waals surface area contributed by atoms with E-state index < -0.39 is 32.5 Å². The molecule has 2 N–H and O–H groups in total. The van der Waals surface area contributed by atoms with Gasteiger partial charge in [-0.05, 0) is 44.9 Å². The van der Waals surface area contributed by atoms with Gasteiger partial charge < -0.3 is 19.3 Å². The molecule has 0 fully saturated rings. The zero-order chi connectivity index (χ0) is 34.7. The number of phosphoric ester groups is 1. The maximum absolute atomic E-state index is 12.4. The fourth-order valence-corrected chi connectivity index (χ4v) is 5.70. The number of rotatable bonds is 35. The lowest BCUT2D eigenvalue weighted by Crippen LogP contribution is -2.29.